The first-order valence-electron chi connectivity index (χ1n) is 13.4. The van der Waals surface area contributed by atoms with Crippen molar-refractivity contribution in [2.24, 2.45) is 0 Å². The topological polar surface area (TPSA) is 96.4 Å². The van der Waals surface area contributed by atoms with E-state index in [1.807, 2.05) is 30.3 Å². The summed E-state index contributed by atoms with van der Waals surface area (Å²) >= 11 is 0. The van der Waals surface area contributed by atoms with Gasteiger partial charge in [0.25, 0.3) is 0 Å². The Labute approximate surface area is 240 Å². The van der Waals surface area contributed by atoms with E-state index in [1.54, 1.807) is 42.7 Å². The van der Waals surface area contributed by atoms with Crippen LogP contribution in [0.1, 0.15) is 16.7 Å². The largest absolute Gasteiger partial charge is 0.493 e. The Morgan fingerprint density at radius 3 is 1.98 bits per heavy atom. The van der Waals surface area contributed by atoms with Crippen LogP contribution in [-0.4, -0.2) is 65.7 Å². The molecule has 0 amide bonds. The van der Waals surface area contributed by atoms with E-state index >= 15 is 0 Å². The summed E-state index contributed by atoms with van der Waals surface area (Å²) in [5, 5.41) is 4.31. The van der Waals surface area contributed by atoms with E-state index in [2.05, 4.69) is 22.3 Å². The van der Waals surface area contributed by atoms with Gasteiger partial charge in [-0.2, -0.15) is 4.98 Å². The summed E-state index contributed by atoms with van der Waals surface area (Å²) in [7, 11) is 9.84. The molecule has 0 unspecified atom stereocenters. The summed E-state index contributed by atoms with van der Waals surface area (Å²) in [6.07, 6.45) is 1.60. The number of nitrogens with one attached hydrogen (secondary N) is 1. The van der Waals surface area contributed by atoms with Crippen molar-refractivity contribution in [2.75, 3.05) is 66.0 Å². The summed E-state index contributed by atoms with van der Waals surface area (Å²) in [6.45, 7) is 2.09. The number of ether oxygens (including phenoxy) is 6. The van der Waals surface area contributed by atoms with Crippen LogP contribution in [0.4, 0.5) is 11.8 Å². The summed E-state index contributed by atoms with van der Waals surface area (Å²) < 4.78 is 33.1. The molecule has 10 heteroatoms. The highest BCUT2D eigenvalue weighted by Crippen LogP contribution is 2.39. The van der Waals surface area contributed by atoms with Crippen LogP contribution in [0.25, 0.3) is 10.9 Å². The number of benzene rings is 3. The third kappa shape index (κ3) is 5.68. The number of aromatic nitrogens is 2. The molecule has 216 valence electrons. The van der Waals surface area contributed by atoms with E-state index in [0.717, 1.165) is 47.4 Å². The third-order valence-electron chi connectivity index (χ3n) is 7.34. The molecule has 3 aromatic carbocycles. The van der Waals surface area contributed by atoms with Crippen LogP contribution in [0.15, 0.2) is 42.5 Å². The van der Waals surface area contributed by atoms with E-state index in [1.165, 1.54) is 11.1 Å². The maximum atomic E-state index is 5.61. The molecule has 2 heterocycles. The van der Waals surface area contributed by atoms with Crippen molar-refractivity contribution in [2.45, 2.75) is 19.4 Å². The number of methoxy groups -OCH3 is 6. The molecule has 0 saturated heterocycles. The molecule has 41 heavy (non-hydrogen) atoms. The standard InChI is InChI=1S/C31H36N4O6/c1-36-24-8-7-19(13-25(24)37-2)9-11-32-31-33-23-17-29(41-6)28(40-5)16-22(23)30(34-31)35-12-10-20-14-26(38-3)27(39-4)15-21(20)18-35/h7-8,13-17H,9-12,18H2,1-6H3,(H,32,33,34). The van der Waals surface area contributed by atoms with Crippen molar-refractivity contribution in [1.29, 1.82) is 0 Å². The van der Waals surface area contributed by atoms with E-state index in [0.29, 0.717) is 47.8 Å². The second kappa shape index (κ2) is 12.3. The molecule has 1 aromatic heterocycles. The van der Waals surface area contributed by atoms with Gasteiger partial charge in [0.1, 0.15) is 5.82 Å². The van der Waals surface area contributed by atoms with E-state index in [9.17, 15) is 0 Å². The fraction of sp³-hybridized carbons (Fsp3) is 0.355. The lowest BCUT2D eigenvalue weighted by molar-refractivity contribution is 0.353. The van der Waals surface area contributed by atoms with Crippen LogP contribution in [0.3, 0.4) is 0 Å². The van der Waals surface area contributed by atoms with E-state index < -0.39 is 0 Å². The highest BCUT2D eigenvalue weighted by atomic mass is 16.5. The molecule has 10 nitrogen and oxygen atoms in total. The van der Waals surface area contributed by atoms with Gasteiger partial charge in [0, 0.05) is 31.1 Å². The lowest BCUT2D eigenvalue weighted by Gasteiger charge is -2.31. The first kappa shape index (κ1) is 27.9. The number of fused-ring (bicyclic) bond motifs is 2. The van der Waals surface area contributed by atoms with Gasteiger partial charge in [-0.1, -0.05) is 6.07 Å². The summed E-state index contributed by atoms with van der Waals surface area (Å²) in [5.41, 5.74) is 4.29. The van der Waals surface area contributed by atoms with Crippen molar-refractivity contribution in [3.8, 4) is 34.5 Å². The van der Waals surface area contributed by atoms with Crippen LogP contribution in [-0.2, 0) is 19.4 Å². The minimum Gasteiger partial charge on any atom is -0.493 e. The molecule has 0 atom stereocenters. The van der Waals surface area contributed by atoms with Gasteiger partial charge >= 0.3 is 0 Å². The number of anilines is 2. The van der Waals surface area contributed by atoms with Gasteiger partial charge in [-0.25, -0.2) is 4.98 Å². The highest BCUT2D eigenvalue weighted by molar-refractivity contribution is 5.93. The normalized spacial score (nSPS) is 12.5. The Kier molecular flexibility index (Phi) is 8.37. The molecule has 0 fully saturated rings. The number of rotatable bonds is 11. The second-order valence-corrected chi connectivity index (χ2v) is 9.61. The number of hydrogen-bond acceptors (Lipinski definition) is 10. The summed E-state index contributed by atoms with van der Waals surface area (Å²) in [4.78, 5) is 12.1. The number of nitrogens with zero attached hydrogens (tertiary/aromatic N) is 3. The van der Waals surface area contributed by atoms with Crippen LogP contribution in [0, 0.1) is 0 Å². The van der Waals surface area contributed by atoms with E-state index in [-0.39, 0.29) is 0 Å². The molecule has 0 bridgehead atoms. The second-order valence-electron chi connectivity index (χ2n) is 9.61. The zero-order valence-electron chi connectivity index (χ0n) is 24.4. The van der Waals surface area contributed by atoms with Gasteiger partial charge in [0.2, 0.25) is 5.95 Å². The zero-order chi connectivity index (χ0) is 28.9. The predicted molar refractivity (Wildman–Crippen MR) is 159 cm³/mol. The van der Waals surface area contributed by atoms with Crippen molar-refractivity contribution < 1.29 is 28.4 Å². The predicted octanol–water partition coefficient (Wildman–Crippen LogP) is 4.90. The van der Waals surface area contributed by atoms with Gasteiger partial charge in [0.15, 0.2) is 34.5 Å². The molecular formula is C31H36N4O6. The summed E-state index contributed by atoms with van der Waals surface area (Å²) in [5.74, 6) is 5.47. The third-order valence-corrected chi connectivity index (χ3v) is 7.34. The molecule has 4 aromatic rings. The van der Waals surface area contributed by atoms with E-state index in [4.69, 9.17) is 38.4 Å². The lowest BCUT2D eigenvalue weighted by atomic mass is 9.98. The smallest absolute Gasteiger partial charge is 0.225 e. The molecule has 0 saturated carbocycles. The maximum Gasteiger partial charge on any atom is 0.225 e. The average molecular weight is 561 g/mol. The van der Waals surface area contributed by atoms with Gasteiger partial charge in [-0.3, -0.25) is 0 Å². The number of hydrogen-bond donors (Lipinski definition) is 1. The Balaban J connectivity index is 1.47. The molecule has 1 aliphatic heterocycles. The quantitative estimate of drug-likeness (QED) is 0.273. The van der Waals surface area contributed by atoms with Crippen LogP contribution in [0.2, 0.25) is 0 Å². The Morgan fingerprint density at radius 1 is 0.683 bits per heavy atom. The van der Waals surface area contributed by atoms with Crippen LogP contribution >= 0.6 is 0 Å². The Bertz CT molecular complexity index is 1540. The van der Waals surface area contributed by atoms with Gasteiger partial charge in [-0.05, 0) is 59.9 Å². The molecular weight excluding hydrogens is 524 g/mol. The molecule has 0 radical (unpaired) electrons. The highest BCUT2D eigenvalue weighted by Gasteiger charge is 2.24. The molecule has 5 rings (SSSR count). The monoisotopic (exact) mass is 560 g/mol. The molecule has 0 spiro atoms. The minimum absolute atomic E-state index is 0.540. The lowest BCUT2D eigenvalue weighted by Crippen LogP contribution is -2.31. The fourth-order valence-corrected chi connectivity index (χ4v) is 5.18. The first-order chi connectivity index (χ1) is 20.0. The van der Waals surface area contributed by atoms with Gasteiger partial charge in [-0.15, -0.1) is 0 Å². The fourth-order valence-electron chi connectivity index (χ4n) is 5.18. The van der Waals surface area contributed by atoms with Crippen LogP contribution in [0.5, 0.6) is 34.5 Å². The van der Waals surface area contributed by atoms with Crippen molar-refractivity contribution in [3.63, 3.8) is 0 Å². The Hall–Kier alpha value is -4.60. The maximum absolute atomic E-state index is 5.61. The minimum atomic E-state index is 0.540. The van der Waals surface area contributed by atoms with Crippen molar-refractivity contribution in [3.05, 3.63) is 59.2 Å². The SMILES string of the molecule is COc1ccc(CCNc2nc(N3CCc4cc(OC)c(OC)cc4C3)c3cc(OC)c(OC)cc3n2)cc1OC. The average Bonchev–Trinajstić information content (AvgIpc) is 3.02. The van der Waals surface area contributed by atoms with Crippen molar-refractivity contribution >= 4 is 22.7 Å². The van der Waals surface area contributed by atoms with Gasteiger partial charge in [0.05, 0.1) is 48.2 Å². The molecule has 1 aliphatic rings. The Morgan fingerprint density at radius 2 is 1.29 bits per heavy atom. The zero-order valence-corrected chi connectivity index (χ0v) is 24.4. The summed E-state index contributed by atoms with van der Waals surface area (Å²) in [6, 6.07) is 13.9. The van der Waals surface area contributed by atoms with Crippen molar-refractivity contribution in [1.82, 2.24) is 9.97 Å². The van der Waals surface area contributed by atoms with Gasteiger partial charge < -0.3 is 38.6 Å². The van der Waals surface area contributed by atoms with Crippen LogP contribution < -0.4 is 38.6 Å². The molecule has 0 aliphatic carbocycles. The first-order valence-corrected chi connectivity index (χ1v) is 13.4. The molecule has 1 N–H and O–H groups in total.